The van der Waals surface area contributed by atoms with Crippen molar-refractivity contribution < 1.29 is 4.79 Å². The van der Waals surface area contributed by atoms with Gasteiger partial charge in [0.25, 0.3) is 5.91 Å². The molecule has 1 aromatic rings. The van der Waals surface area contributed by atoms with E-state index in [4.69, 9.17) is 0 Å². The van der Waals surface area contributed by atoms with E-state index in [2.05, 4.69) is 33.9 Å². The van der Waals surface area contributed by atoms with E-state index in [1.54, 1.807) is 11.3 Å². The highest BCUT2D eigenvalue weighted by atomic mass is 32.2. The number of aryl methyl sites for hydroxylation is 1. The zero-order valence-corrected chi connectivity index (χ0v) is 14.3. The van der Waals surface area contributed by atoms with Gasteiger partial charge in [0.05, 0.1) is 4.88 Å². The van der Waals surface area contributed by atoms with Crippen LogP contribution >= 0.6 is 23.1 Å². The van der Waals surface area contributed by atoms with Crippen molar-refractivity contribution in [3.05, 3.63) is 21.9 Å². The molecule has 0 unspecified atom stereocenters. The highest BCUT2D eigenvalue weighted by molar-refractivity contribution is 7.99. The molecule has 2 fully saturated rings. The van der Waals surface area contributed by atoms with E-state index in [0.717, 1.165) is 43.5 Å². The monoisotopic (exact) mass is 324 g/mol. The maximum Gasteiger partial charge on any atom is 0.263 e. The molecule has 0 spiro atoms. The Labute approximate surface area is 135 Å². The molecule has 21 heavy (non-hydrogen) atoms. The summed E-state index contributed by atoms with van der Waals surface area (Å²) in [5.41, 5.74) is 1.19. The summed E-state index contributed by atoms with van der Waals surface area (Å²) < 4.78 is 0. The summed E-state index contributed by atoms with van der Waals surface area (Å²) in [7, 11) is 0. The van der Waals surface area contributed by atoms with Crippen molar-refractivity contribution in [3.63, 3.8) is 0 Å². The summed E-state index contributed by atoms with van der Waals surface area (Å²) in [4.78, 5) is 18.2. The maximum atomic E-state index is 12.6. The number of thiophene rings is 1. The average Bonchev–Trinajstić information content (AvgIpc) is 2.81. The van der Waals surface area contributed by atoms with Gasteiger partial charge in [0, 0.05) is 32.2 Å². The molecular weight excluding hydrogens is 300 g/mol. The van der Waals surface area contributed by atoms with Crippen LogP contribution in [-0.2, 0) is 0 Å². The first-order chi connectivity index (χ1) is 10.2. The fraction of sp³-hybridized carbons (Fsp3) is 0.688. The Morgan fingerprint density at radius 1 is 1.19 bits per heavy atom. The second kappa shape index (κ2) is 7.16. The molecule has 0 N–H and O–H groups in total. The van der Waals surface area contributed by atoms with Gasteiger partial charge in [-0.05, 0) is 54.7 Å². The van der Waals surface area contributed by atoms with Crippen LogP contribution < -0.4 is 0 Å². The Bertz CT molecular complexity index is 482. The molecule has 0 radical (unpaired) electrons. The van der Waals surface area contributed by atoms with E-state index in [9.17, 15) is 4.79 Å². The Morgan fingerprint density at radius 3 is 2.71 bits per heavy atom. The number of hydrogen-bond acceptors (Lipinski definition) is 4. The topological polar surface area (TPSA) is 23.6 Å². The zero-order chi connectivity index (χ0) is 14.7. The number of carbonyl (C=O) groups excluding carboxylic acids is 1. The molecule has 0 aromatic carbocycles. The molecule has 5 heteroatoms. The molecule has 2 aliphatic heterocycles. The van der Waals surface area contributed by atoms with E-state index in [1.807, 2.05) is 6.07 Å². The van der Waals surface area contributed by atoms with Gasteiger partial charge in [-0.2, -0.15) is 11.8 Å². The number of hydrogen-bond donors (Lipinski definition) is 0. The number of thioether (sulfide) groups is 1. The number of rotatable bonds is 2. The molecule has 0 bridgehead atoms. The molecule has 1 amide bonds. The first-order valence-electron chi connectivity index (χ1n) is 7.90. The Morgan fingerprint density at radius 2 is 2.00 bits per heavy atom. The quantitative estimate of drug-likeness (QED) is 0.835. The minimum Gasteiger partial charge on any atom is -0.337 e. The summed E-state index contributed by atoms with van der Waals surface area (Å²) in [5.74, 6) is 2.84. The first-order valence-corrected chi connectivity index (χ1v) is 9.93. The summed E-state index contributed by atoms with van der Waals surface area (Å²) in [6.45, 7) is 6.06. The van der Waals surface area contributed by atoms with Crippen molar-refractivity contribution in [1.29, 1.82) is 0 Å². The molecule has 3 heterocycles. The van der Waals surface area contributed by atoms with Gasteiger partial charge in [0.15, 0.2) is 0 Å². The molecule has 0 atom stereocenters. The molecule has 0 aliphatic carbocycles. The third kappa shape index (κ3) is 3.82. The van der Waals surface area contributed by atoms with Crippen LogP contribution in [0.25, 0.3) is 0 Å². The molecule has 3 nitrogen and oxygen atoms in total. The summed E-state index contributed by atoms with van der Waals surface area (Å²) in [5, 5.41) is 2.07. The van der Waals surface area contributed by atoms with Crippen molar-refractivity contribution >= 4 is 29.0 Å². The van der Waals surface area contributed by atoms with Crippen molar-refractivity contribution in [1.82, 2.24) is 9.80 Å². The molecular formula is C16H24N2OS2. The van der Waals surface area contributed by atoms with Gasteiger partial charge >= 0.3 is 0 Å². The second-order valence-electron chi connectivity index (χ2n) is 6.01. The van der Waals surface area contributed by atoms with Gasteiger partial charge in [0.2, 0.25) is 0 Å². The van der Waals surface area contributed by atoms with Gasteiger partial charge in [-0.25, -0.2) is 0 Å². The lowest BCUT2D eigenvalue weighted by Crippen LogP contribution is -2.41. The molecule has 2 saturated heterocycles. The van der Waals surface area contributed by atoms with Gasteiger partial charge in [-0.15, -0.1) is 11.3 Å². The predicted octanol–water partition coefficient (Wildman–Crippen LogP) is 3.10. The molecule has 3 rings (SSSR count). The predicted molar refractivity (Wildman–Crippen MR) is 91.5 cm³/mol. The van der Waals surface area contributed by atoms with Gasteiger partial charge in [0.1, 0.15) is 0 Å². The lowest BCUT2D eigenvalue weighted by molar-refractivity contribution is 0.0762. The molecule has 116 valence electrons. The largest absolute Gasteiger partial charge is 0.337 e. The van der Waals surface area contributed by atoms with Crippen LogP contribution in [0.5, 0.6) is 0 Å². The minimum atomic E-state index is 0.231. The fourth-order valence-electron chi connectivity index (χ4n) is 3.26. The van der Waals surface area contributed by atoms with E-state index >= 15 is 0 Å². The SMILES string of the molecule is Cc1csc(C(=O)N2CCCN(C3CCSCC3)CC2)c1. The van der Waals surface area contributed by atoms with Crippen LogP contribution in [0.1, 0.15) is 34.5 Å². The third-order valence-electron chi connectivity index (χ3n) is 4.47. The highest BCUT2D eigenvalue weighted by Gasteiger charge is 2.26. The van der Waals surface area contributed by atoms with E-state index < -0.39 is 0 Å². The molecule has 0 saturated carbocycles. The Kier molecular flexibility index (Phi) is 5.24. The van der Waals surface area contributed by atoms with E-state index in [-0.39, 0.29) is 5.91 Å². The van der Waals surface area contributed by atoms with Crippen molar-refractivity contribution in [2.45, 2.75) is 32.2 Å². The summed E-state index contributed by atoms with van der Waals surface area (Å²) in [6.07, 6.45) is 3.76. The van der Waals surface area contributed by atoms with Crippen LogP contribution in [0, 0.1) is 6.92 Å². The highest BCUT2D eigenvalue weighted by Crippen LogP contribution is 2.23. The standard InChI is InChI=1S/C16H24N2OS2/c1-13-11-15(21-12-13)16(19)18-6-2-5-17(7-8-18)14-3-9-20-10-4-14/h11-12,14H,2-10H2,1H3. The number of amides is 1. The third-order valence-corrected chi connectivity index (χ3v) is 6.55. The van der Waals surface area contributed by atoms with Crippen LogP contribution in [-0.4, -0.2) is 59.4 Å². The van der Waals surface area contributed by atoms with Gasteiger partial charge in [-0.1, -0.05) is 0 Å². The Balaban J connectivity index is 1.58. The summed E-state index contributed by atoms with van der Waals surface area (Å²) >= 11 is 3.66. The van der Waals surface area contributed by atoms with Crippen LogP contribution in [0.3, 0.4) is 0 Å². The molecule has 2 aliphatic rings. The first kappa shape index (κ1) is 15.4. The Hall–Kier alpha value is -0.520. The average molecular weight is 325 g/mol. The zero-order valence-electron chi connectivity index (χ0n) is 12.7. The van der Waals surface area contributed by atoms with Gasteiger partial charge < -0.3 is 4.90 Å². The fourth-order valence-corrected chi connectivity index (χ4v) is 5.20. The second-order valence-corrected chi connectivity index (χ2v) is 8.15. The number of carbonyl (C=O) groups is 1. The van der Waals surface area contributed by atoms with Gasteiger partial charge in [-0.3, -0.25) is 9.69 Å². The van der Waals surface area contributed by atoms with Crippen molar-refractivity contribution in [2.75, 3.05) is 37.7 Å². The summed E-state index contributed by atoms with van der Waals surface area (Å²) in [6, 6.07) is 2.78. The maximum absolute atomic E-state index is 12.6. The van der Waals surface area contributed by atoms with Crippen LogP contribution in [0.2, 0.25) is 0 Å². The van der Waals surface area contributed by atoms with E-state index in [1.165, 1.54) is 29.9 Å². The smallest absolute Gasteiger partial charge is 0.263 e. The lowest BCUT2D eigenvalue weighted by Gasteiger charge is -2.33. The van der Waals surface area contributed by atoms with Crippen molar-refractivity contribution in [2.24, 2.45) is 0 Å². The minimum absolute atomic E-state index is 0.231. The normalized spacial score (nSPS) is 22.2. The van der Waals surface area contributed by atoms with Crippen molar-refractivity contribution in [3.8, 4) is 0 Å². The lowest BCUT2D eigenvalue weighted by atomic mass is 10.1. The molecule has 1 aromatic heterocycles. The van der Waals surface area contributed by atoms with Crippen LogP contribution in [0.4, 0.5) is 0 Å². The van der Waals surface area contributed by atoms with E-state index in [0.29, 0.717) is 0 Å². The number of nitrogens with zero attached hydrogens (tertiary/aromatic N) is 2. The van der Waals surface area contributed by atoms with Crippen LogP contribution in [0.15, 0.2) is 11.4 Å².